The summed E-state index contributed by atoms with van der Waals surface area (Å²) in [5.41, 5.74) is 2.07. The summed E-state index contributed by atoms with van der Waals surface area (Å²) in [6.45, 7) is 0.415. The number of rotatable bonds is 5. The summed E-state index contributed by atoms with van der Waals surface area (Å²) in [6, 6.07) is 11.4. The maximum atomic E-state index is 6.30. The van der Waals surface area contributed by atoms with E-state index in [9.17, 15) is 0 Å². The topological polar surface area (TPSA) is 37.9 Å². The lowest BCUT2D eigenvalue weighted by Gasteiger charge is -2.20. The number of aromatic nitrogens is 2. The van der Waals surface area contributed by atoms with Crippen LogP contribution in [0, 0.1) is 0 Å². The average molecular weight is 426 g/mol. The largest absolute Gasteiger partial charge is 0.368 e. The van der Waals surface area contributed by atoms with Gasteiger partial charge in [0.25, 0.3) is 0 Å². The normalized spacial score (nSPS) is 18.9. The molecule has 2 aromatic carbocycles. The van der Waals surface area contributed by atoms with Crippen molar-refractivity contribution in [3.63, 3.8) is 0 Å². The van der Waals surface area contributed by atoms with Gasteiger partial charge in [-0.15, -0.1) is 11.8 Å². The lowest BCUT2D eigenvalue weighted by atomic mass is 10.0. The molecule has 0 radical (unpaired) electrons. The molecule has 1 aliphatic heterocycles. The third kappa shape index (κ3) is 3.90. The molecule has 3 aromatic rings. The van der Waals surface area contributed by atoms with Crippen molar-refractivity contribution >= 4 is 46.6 Å². The Morgan fingerprint density at radius 1 is 1.08 bits per heavy atom. The second-order valence-electron chi connectivity index (χ2n) is 6.05. The van der Waals surface area contributed by atoms with Crippen LogP contribution in [0.1, 0.15) is 23.1 Å². The summed E-state index contributed by atoms with van der Waals surface area (Å²) in [5.74, 6) is 0.944. The van der Waals surface area contributed by atoms with Crippen molar-refractivity contribution in [3.8, 4) is 0 Å². The second kappa shape index (κ2) is 7.83. The van der Waals surface area contributed by atoms with Gasteiger partial charge in [-0.1, -0.05) is 46.9 Å². The standard InChI is InChI=1S/C19H15Cl3N2OS/c20-12-2-1-11(15(22)7-12)10-25-19-14-4-3-13(21)8-16(14)26-17(19)9-18-23-5-6-24-18/h1-8,17,19H,9-10H2,(H,23,24)/t17-,19-/m0/s1. The molecule has 0 amide bonds. The van der Waals surface area contributed by atoms with Crippen LogP contribution in [0.4, 0.5) is 0 Å². The smallest absolute Gasteiger partial charge is 0.107 e. The molecule has 0 fully saturated rings. The quantitative estimate of drug-likeness (QED) is 0.518. The number of benzene rings is 2. The molecule has 1 aromatic heterocycles. The molecule has 0 aliphatic carbocycles. The zero-order chi connectivity index (χ0) is 18.1. The van der Waals surface area contributed by atoms with Crippen LogP contribution in [-0.4, -0.2) is 15.2 Å². The fraction of sp³-hybridized carbons (Fsp3) is 0.211. The van der Waals surface area contributed by atoms with Crippen molar-refractivity contribution < 1.29 is 4.74 Å². The molecule has 0 bridgehead atoms. The van der Waals surface area contributed by atoms with Gasteiger partial charge in [0.1, 0.15) is 5.82 Å². The summed E-state index contributed by atoms with van der Waals surface area (Å²) in [5, 5.41) is 2.17. The zero-order valence-corrected chi connectivity index (χ0v) is 16.7. The van der Waals surface area contributed by atoms with E-state index in [-0.39, 0.29) is 11.4 Å². The highest BCUT2D eigenvalue weighted by Gasteiger charge is 2.35. The summed E-state index contributed by atoms with van der Waals surface area (Å²) >= 11 is 20.2. The maximum absolute atomic E-state index is 6.30. The van der Waals surface area contributed by atoms with E-state index in [1.165, 1.54) is 0 Å². The van der Waals surface area contributed by atoms with Crippen molar-refractivity contribution in [3.05, 3.63) is 80.8 Å². The Kier molecular flexibility index (Phi) is 5.48. The van der Waals surface area contributed by atoms with Crippen molar-refractivity contribution in [2.75, 3.05) is 0 Å². The van der Waals surface area contributed by atoms with Crippen LogP contribution in [0.5, 0.6) is 0 Å². The van der Waals surface area contributed by atoms with Crippen molar-refractivity contribution in [2.45, 2.75) is 29.3 Å². The van der Waals surface area contributed by atoms with E-state index in [0.29, 0.717) is 16.7 Å². The van der Waals surface area contributed by atoms with Gasteiger partial charge in [-0.05, 0) is 35.4 Å². The van der Waals surface area contributed by atoms with Gasteiger partial charge >= 0.3 is 0 Å². The summed E-state index contributed by atoms with van der Waals surface area (Å²) < 4.78 is 6.30. The van der Waals surface area contributed by atoms with Crippen LogP contribution in [0.25, 0.3) is 0 Å². The number of hydrogen-bond acceptors (Lipinski definition) is 3. The predicted molar refractivity (Wildman–Crippen MR) is 107 cm³/mol. The number of hydrogen-bond donors (Lipinski definition) is 1. The van der Waals surface area contributed by atoms with E-state index in [2.05, 4.69) is 9.97 Å². The zero-order valence-electron chi connectivity index (χ0n) is 13.6. The Morgan fingerprint density at radius 2 is 1.88 bits per heavy atom. The van der Waals surface area contributed by atoms with Crippen LogP contribution >= 0.6 is 46.6 Å². The van der Waals surface area contributed by atoms with Crippen LogP contribution in [-0.2, 0) is 17.8 Å². The van der Waals surface area contributed by atoms with Gasteiger partial charge in [-0.2, -0.15) is 0 Å². The molecule has 0 unspecified atom stereocenters. The van der Waals surface area contributed by atoms with Crippen LogP contribution in [0.15, 0.2) is 53.7 Å². The highest BCUT2D eigenvalue weighted by molar-refractivity contribution is 8.00. The van der Waals surface area contributed by atoms with Crippen LogP contribution in [0.3, 0.4) is 0 Å². The van der Waals surface area contributed by atoms with E-state index in [1.807, 2.05) is 36.5 Å². The molecule has 0 saturated carbocycles. The Bertz CT molecular complexity index is 917. The number of aromatic amines is 1. The lowest BCUT2D eigenvalue weighted by molar-refractivity contribution is 0.0392. The van der Waals surface area contributed by atoms with Crippen molar-refractivity contribution in [1.82, 2.24) is 9.97 Å². The minimum atomic E-state index is -0.0656. The molecule has 0 spiro atoms. The first kappa shape index (κ1) is 18.2. The Labute approximate surface area is 171 Å². The number of H-pyrrole nitrogens is 1. The van der Waals surface area contributed by atoms with E-state index in [1.54, 1.807) is 24.0 Å². The Hall–Kier alpha value is -1.17. The number of nitrogens with zero attached hydrogens (tertiary/aromatic N) is 1. The van der Waals surface area contributed by atoms with E-state index >= 15 is 0 Å². The average Bonchev–Trinajstić information content (AvgIpc) is 3.22. The molecular formula is C19H15Cl3N2OS. The van der Waals surface area contributed by atoms with Gasteiger partial charge in [-0.3, -0.25) is 0 Å². The van der Waals surface area contributed by atoms with Crippen LogP contribution in [0.2, 0.25) is 15.1 Å². The summed E-state index contributed by atoms with van der Waals surface area (Å²) in [6.07, 6.45) is 4.32. The first-order valence-electron chi connectivity index (χ1n) is 8.10. The predicted octanol–water partition coefficient (Wildman–Crippen LogP) is 6.34. The van der Waals surface area contributed by atoms with E-state index in [4.69, 9.17) is 39.5 Å². The Balaban J connectivity index is 1.57. The van der Waals surface area contributed by atoms with E-state index < -0.39 is 0 Å². The van der Waals surface area contributed by atoms with Gasteiger partial charge < -0.3 is 9.72 Å². The second-order valence-corrected chi connectivity index (χ2v) is 8.61. The van der Waals surface area contributed by atoms with Crippen molar-refractivity contribution in [2.24, 2.45) is 0 Å². The summed E-state index contributed by atoms with van der Waals surface area (Å²) in [4.78, 5) is 8.67. The fourth-order valence-corrected chi connectivity index (χ4v) is 5.17. The van der Waals surface area contributed by atoms with Gasteiger partial charge in [0.2, 0.25) is 0 Å². The summed E-state index contributed by atoms with van der Waals surface area (Å²) in [7, 11) is 0. The number of nitrogens with one attached hydrogen (secondary N) is 1. The molecule has 134 valence electrons. The molecule has 2 heterocycles. The molecule has 1 N–H and O–H groups in total. The molecule has 1 aliphatic rings. The SMILES string of the molecule is Clc1ccc(CO[C@H]2c3ccc(Cl)cc3S[C@H]2Cc2ncc[nH]2)c(Cl)c1. The highest BCUT2D eigenvalue weighted by Crippen LogP contribution is 2.48. The molecule has 0 saturated heterocycles. The van der Waals surface area contributed by atoms with Gasteiger partial charge in [0, 0.05) is 44.0 Å². The molecule has 3 nitrogen and oxygen atoms in total. The van der Waals surface area contributed by atoms with Crippen molar-refractivity contribution in [1.29, 1.82) is 0 Å². The van der Waals surface area contributed by atoms with Gasteiger partial charge in [0.15, 0.2) is 0 Å². The molecule has 2 atom stereocenters. The molecule has 7 heteroatoms. The van der Waals surface area contributed by atoms with Gasteiger partial charge in [-0.25, -0.2) is 4.98 Å². The third-order valence-corrected chi connectivity index (χ3v) is 6.43. The first-order valence-corrected chi connectivity index (χ1v) is 10.1. The monoisotopic (exact) mass is 424 g/mol. The maximum Gasteiger partial charge on any atom is 0.107 e. The molecule has 26 heavy (non-hydrogen) atoms. The first-order chi connectivity index (χ1) is 12.6. The number of halogens is 3. The lowest BCUT2D eigenvalue weighted by Crippen LogP contribution is -2.17. The molecular weight excluding hydrogens is 411 g/mol. The highest BCUT2D eigenvalue weighted by atomic mass is 35.5. The van der Waals surface area contributed by atoms with E-state index in [0.717, 1.165) is 33.3 Å². The minimum absolute atomic E-state index is 0.0656. The number of thioether (sulfide) groups is 1. The van der Waals surface area contributed by atoms with Gasteiger partial charge in [0.05, 0.1) is 12.7 Å². The number of fused-ring (bicyclic) bond motifs is 1. The van der Waals surface area contributed by atoms with Crippen LogP contribution < -0.4 is 0 Å². The number of ether oxygens (including phenoxy) is 1. The number of imidazole rings is 1. The third-order valence-electron chi connectivity index (χ3n) is 4.28. The Morgan fingerprint density at radius 3 is 2.65 bits per heavy atom. The minimum Gasteiger partial charge on any atom is -0.368 e. The molecule has 4 rings (SSSR count). The fourth-order valence-electron chi connectivity index (χ4n) is 3.03.